The number of carbonyl (C=O) groups excluding carboxylic acids is 1. The van der Waals surface area contributed by atoms with Crippen LogP contribution in [-0.4, -0.2) is 37.2 Å². The van der Waals surface area contributed by atoms with E-state index in [4.69, 9.17) is 0 Å². The summed E-state index contributed by atoms with van der Waals surface area (Å²) in [7, 11) is 0. The summed E-state index contributed by atoms with van der Waals surface area (Å²) in [6, 6.07) is 13.6. The lowest BCUT2D eigenvalue weighted by atomic mass is 9.85. The van der Waals surface area contributed by atoms with Crippen LogP contribution in [0.1, 0.15) is 18.5 Å². The Hall–Kier alpha value is -3.22. The van der Waals surface area contributed by atoms with Gasteiger partial charge in [0.1, 0.15) is 12.7 Å². The van der Waals surface area contributed by atoms with E-state index in [1.807, 2.05) is 29.2 Å². The van der Waals surface area contributed by atoms with Gasteiger partial charge in [-0.15, -0.1) is 0 Å². The van der Waals surface area contributed by atoms with E-state index in [9.17, 15) is 4.79 Å². The van der Waals surface area contributed by atoms with E-state index >= 15 is 0 Å². The van der Waals surface area contributed by atoms with E-state index in [-0.39, 0.29) is 12.1 Å². The highest BCUT2D eigenvalue weighted by molar-refractivity contribution is 5.91. The van der Waals surface area contributed by atoms with E-state index in [0.29, 0.717) is 17.4 Å². The molecule has 2 amide bonds. The molecular formula is C18H18N6O. The molecule has 4 rings (SSSR count). The minimum atomic E-state index is -0.138. The third-order valence-corrected chi connectivity index (χ3v) is 4.43. The van der Waals surface area contributed by atoms with Gasteiger partial charge in [-0.2, -0.15) is 5.10 Å². The van der Waals surface area contributed by atoms with E-state index in [0.717, 1.165) is 12.1 Å². The van der Waals surface area contributed by atoms with E-state index in [1.54, 1.807) is 18.6 Å². The smallest absolute Gasteiger partial charge is 0.317 e. The Balaban J connectivity index is 1.55. The summed E-state index contributed by atoms with van der Waals surface area (Å²) >= 11 is 0. The number of hydrogen-bond donors (Lipinski definition) is 1. The maximum Gasteiger partial charge on any atom is 0.322 e. The third kappa shape index (κ3) is 2.84. The Kier molecular flexibility index (Phi) is 3.89. The molecule has 0 unspecified atom stereocenters. The predicted octanol–water partition coefficient (Wildman–Crippen LogP) is 2.89. The molecule has 126 valence electrons. The number of urea groups is 1. The maximum absolute atomic E-state index is 12.8. The third-order valence-electron chi connectivity index (χ3n) is 4.43. The van der Waals surface area contributed by atoms with Gasteiger partial charge in [-0.3, -0.25) is 0 Å². The van der Waals surface area contributed by atoms with Crippen molar-refractivity contribution in [1.82, 2.24) is 24.6 Å². The normalized spacial score (nSPS) is 19.3. The maximum atomic E-state index is 12.8. The van der Waals surface area contributed by atoms with Crippen LogP contribution in [0.5, 0.6) is 0 Å². The molecule has 0 saturated carbocycles. The lowest BCUT2D eigenvalue weighted by molar-refractivity contribution is 0.0671. The average Bonchev–Trinajstić information content (AvgIpc) is 3.15. The molecule has 1 aliphatic rings. The fraction of sp³-hybridized carbons (Fsp3) is 0.222. The van der Waals surface area contributed by atoms with Gasteiger partial charge >= 0.3 is 6.03 Å². The molecule has 7 heteroatoms. The fourth-order valence-corrected chi connectivity index (χ4v) is 3.24. The summed E-state index contributed by atoms with van der Waals surface area (Å²) in [4.78, 5) is 22.9. The molecule has 1 aliphatic heterocycles. The first-order chi connectivity index (χ1) is 12.2. The van der Waals surface area contributed by atoms with Crippen LogP contribution in [0, 0.1) is 5.92 Å². The van der Waals surface area contributed by atoms with Gasteiger partial charge in [0.25, 0.3) is 0 Å². The molecule has 3 heterocycles. The molecule has 1 saturated heterocycles. The van der Waals surface area contributed by atoms with Gasteiger partial charge in [0, 0.05) is 12.7 Å². The monoisotopic (exact) mass is 334 g/mol. The Morgan fingerprint density at radius 3 is 2.76 bits per heavy atom. The Morgan fingerprint density at radius 2 is 2.04 bits per heavy atom. The molecule has 2 aromatic heterocycles. The zero-order chi connectivity index (χ0) is 17.2. The first-order valence-corrected chi connectivity index (χ1v) is 8.16. The highest BCUT2D eigenvalue weighted by Crippen LogP contribution is 2.38. The minimum Gasteiger partial charge on any atom is -0.317 e. The molecule has 7 nitrogen and oxygen atoms in total. The minimum absolute atomic E-state index is 0.0905. The number of anilines is 1. The highest BCUT2D eigenvalue weighted by Gasteiger charge is 2.40. The fourth-order valence-electron chi connectivity index (χ4n) is 3.24. The van der Waals surface area contributed by atoms with Crippen LogP contribution >= 0.6 is 0 Å². The second kappa shape index (κ2) is 6.35. The van der Waals surface area contributed by atoms with E-state index in [2.05, 4.69) is 39.4 Å². The van der Waals surface area contributed by atoms with Crippen LogP contribution in [0.25, 0.3) is 5.82 Å². The highest BCUT2D eigenvalue weighted by atomic mass is 16.2. The van der Waals surface area contributed by atoms with Crippen LogP contribution in [-0.2, 0) is 0 Å². The zero-order valence-corrected chi connectivity index (χ0v) is 13.8. The van der Waals surface area contributed by atoms with Crippen LogP contribution in [0.15, 0.2) is 61.3 Å². The molecule has 1 N–H and O–H groups in total. The molecule has 25 heavy (non-hydrogen) atoms. The average molecular weight is 334 g/mol. The number of benzene rings is 1. The largest absolute Gasteiger partial charge is 0.322 e. The van der Waals surface area contributed by atoms with Crippen LogP contribution < -0.4 is 5.32 Å². The van der Waals surface area contributed by atoms with Crippen LogP contribution in [0.4, 0.5) is 10.5 Å². The molecule has 0 aliphatic carbocycles. The van der Waals surface area contributed by atoms with Gasteiger partial charge in [0.05, 0.1) is 11.7 Å². The second-order valence-corrected chi connectivity index (χ2v) is 6.13. The molecule has 3 aromatic rings. The SMILES string of the molecule is C[C@H]1CN(C(=O)Nc2cccnc2-n2cncn2)[C@@H]1c1ccccc1. The standard InChI is InChI=1S/C18H18N6O/c1-13-10-23(16(13)14-6-3-2-4-7-14)18(25)22-15-8-5-9-20-17(15)24-12-19-11-21-24/h2-9,11-13,16H,10H2,1H3,(H,22,25)/t13-,16-/m0/s1. The van der Waals surface area contributed by atoms with Crippen molar-refractivity contribution in [3.05, 3.63) is 66.9 Å². The summed E-state index contributed by atoms with van der Waals surface area (Å²) in [5.74, 6) is 0.968. The number of aromatic nitrogens is 4. The topological polar surface area (TPSA) is 75.9 Å². The number of hydrogen-bond acceptors (Lipinski definition) is 4. The van der Waals surface area contributed by atoms with Crippen molar-refractivity contribution in [2.24, 2.45) is 5.92 Å². The van der Waals surface area contributed by atoms with Gasteiger partial charge in [-0.05, 0) is 23.6 Å². The van der Waals surface area contributed by atoms with E-state index < -0.39 is 0 Å². The molecule has 0 bridgehead atoms. The summed E-state index contributed by atoms with van der Waals surface area (Å²) in [6.07, 6.45) is 4.64. The molecule has 2 atom stereocenters. The summed E-state index contributed by atoms with van der Waals surface area (Å²) in [5, 5.41) is 7.04. The zero-order valence-electron chi connectivity index (χ0n) is 13.8. The Morgan fingerprint density at radius 1 is 1.20 bits per heavy atom. The summed E-state index contributed by atoms with van der Waals surface area (Å²) in [6.45, 7) is 2.89. The molecule has 0 radical (unpaired) electrons. The van der Waals surface area contributed by atoms with Crippen molar-refractivity contribution in [3.63, 3.8) is 0 Å². The van der Waals surface area contributed by atoms with Crippen molar-refractivity contribution < 1.29 is 4.79 Å². The number of nitrogens with one attached hydrogen (secondary N) is 1. The van der Waals surface area contributed by atoms with Gasteiger partial charge in [-0.25, -0.2) is 19.4 Å². The van der Waals surface area contributed by atoms with E-state index in [1.165, 1.54) is 11.0 Å². The van der Waals surface area contributed by atoms with Gasteiger partial charge in [0.15, 0.2) is 5.82 Å². The van der Waals surface area contributed by atoms with Crippen LogP contribution in [0.2, 0.25) is 0 Å². The molecule has 1 aromatic carbocycles. The molecule has 1 fully saturated rings. The van der Waals surface area contributed by atoms with Gasteiger partial charge < -0.3 is 10.2 Å². The number of rotatable bonds is 3. The first kappa shape index (κ1) is 15.3. The lowest BCUT2D eigenvalue weighted by Gasteiger charge is -2.46. The summed E-state index contributed by atoms with van der Waals surface area (Å²) < 4.78 is 1.53. The number of amides is 2. The molecular weight excluding hydrogens is 316 g/mol. The summed E-state index contributed by atoms with van der Waals surface area (Å²) in [5.41, 5.74) is 1.75. The Labute approximate surface area is 145 Å². The quantitative estimate of drug-likeness (QED) is 0.799. The number of pyridine rings is 1. The Bertz CT molecular complexity index is 864. The van der Waals surface area contributed by atoms with Gasteiger partial charge in [-0.1, -0.05) is 37.3 Å². The first-order valence-electron chi connectivity index (χ1n) is 8.16. The number of likely N-dealkylation sites (tertiary alicyclic amines) is 1. The predicted molar refractivity (Wildman–Crippen MR) is 93.2 cm³/mol. The van der Waals surface area contributed by atoms with Crippen molar-refractivity contribution in [2.45, 2.75) is 13.0 Å². The second-order valence-electron chi connectivity index (χ2n) is 6.13. The van der Waals surface area contributed by atoms with Crippen LogP contribution in [0.3, 0.4) is 0 Å². The molecule has 0 spiro atoms. The van der Waals surface area contributed by atoms with Crippen molar-refractivity contribution in [2.75, 3.05) is 11.9 Å². The van der Waals surface area contributed by atoms with Crippen molar-refractivity contribution in [1.29, 1.82) is 0 Å². The van der Waals surface area contributed by atoms with Crippen molar-refractivity contribution in [3.8, 4) is 5.82 Å². The number of nitrogens with zero attached hydrogens (tertiary/aromatic N) is 5. The number of carbonyl (C=O) groups is 1. The van der Waals surface area contributed by atoms with Crippen molar-refractivity contribution >= 4 is 11.7 Å². The lowest BCUT2D eigenvalue weighted by Crippen LogP contribution is -2.53. The van der Waals surface area contributed by atoms with Gasteiger partial charge in [0.2, 0.25) is 0 Å².